The molecule has 34 heavy (non-hydrogen) atoms. The first-order valence-corrected chi connectivity index (χ1v) is 12.5. The number of hydrogen-bond acceptors (Lipinski definition) is 2. The molecular weight excluding hydrogens is 438 g/mol. The molecule has 0 aliphatic heterocycles. The molecule has 0 atom stereocenters. The summed E-state index contributed by atoms with van der Waals surface area (Å²) in [6.07, 6.45) is 4.07. The quantitative estimate of drug-likeness (QED) is 0.245. The first-order valence-electron chi connectivity index (χ1n) is 11.0. The second-order valence-electron chi connectivity index (χ2n) is 7.91. The van der Waals surface area contributed by atoms with E-state index >= 15 is 0 Å². The molecule has 0 spiro atoms. The van der Waals surface area contributed by atoms with Crippen LogP contribution >= 0.6 is 0 Å². The predicted octanol–water partition coefficient (Wildman–Crippen LogP) is 7.54. The fraction of sp³-hybridized carbons (Fsp3) is 0. The first kappa shape index (κ1) is 21.7. The summed E-state index contributed by atoms with van der Waals surface area (Å²) in [6, 6.07) is 39.7. The molecule has 0 aromatic heterocycles. The Morgan fingerprint density at radius 2 is 1.09 bits per heavy atom. The van der Waals surface area contributed by atoms with Crippen LogP contribution in [0.3, 0.4) is 0 Å². The topological polar surface area (TPSA) is 37.4 Å². The van der Waals surface area contributed by atoms with Crippen molar-refractivity contribution in [2.75, 3.05) is 4.31 Å². The molecule has 5 aromatic carbocycles. The minimum absolute atomic E-state index is 0.238. The van der Waals surface area contributed by atoms with E-state index in [-0.39, 0.29) is 4.90 Å². The van der Waals surface area contributed by atoms with Crippen LogP contribution in [0.5, 0.6) is 0 Å². The van der Waals surface area contributed by atoms with Crippen molar-refractivity contribution in [1.29, 1.82) is 0 Å². The van der Waals surface area contributed by atoms with Crippen LogP contribution in [0.4, 0.5) is 11.4 Å². The predicted molar refractivity (Wildman–Crippen MR) is 142 cm³/mol. The van der Waals surface area contributed by atoms with Gasteiger partial charge in [-0.3, -0.25) is 0 Å². The molecule has 0 unspecified atom stereocenters. The normalized spacial score (nSPS) is 11.6. The van der Waals surface area contributed by atoms with E-state index in [2.05, 4.69) is 30.3 Å². The maximum Gasteiger partial charge on any atom is 0.268 e. The Kier molecular flexibility index (Phi) is 5.98. The highest BCUT2D eigenvalue weighted by atomic mass is 32.2. The number of nitrogens with zero attached hydrogens (tertiary/aromatic N) is 1. The number of hydrogen-bond donors (Lipinski definition) is 0. The van der Waals surface area contributed by atoms with Crippen LogP contribution in [0, 0.1) is 0 Å². The molecule has 4 heteroatoms. The van der Waals surface area contributed by atoms with Crippen LogP contribution in [0.15, 0.2) is 132 Å². The number of fused-ring (bicyclic) bond motifs is 1. The Hall–Kier alpha value is -4.15. The molecule has 0 amide bonds. The van der Waals surface area contributed by atoms with Crippen LogP contribution < -0.4 is 4.31 Å². The standard InChI is InChI=1S/C30H23NO2S/c32-34(33,31(27-13-3-1-4-14-27)28-15-5-2-6-16-28)29-22-19-24(20-23-29)18-21-26-12-9-11-25-10-7-8-17-30(25)26/h1-23H/b21-18+. The lowest BCUT2D eigenvalue weighted by Gasteiger charge is -2.24. The average Bonchev–Trinajstić information content (AvgIpc) is 2.89. The largest absolute Gasteiger partial charge is 0.268 e. The Morgan fingerprint density at radius 1 is 0.529 bits per heavy atom. The average molecular weight is 462 g/mol. The highest BCUT2D eigenvalue weighted by Gasteiger charge is 2.26. The molecule has 5 rings (SSSR count). The smallest absolute Gasteiger partial charge is 0.235 e. The van der Waals surface area contributed by atoms with Gasteiger partial charge in [0.05, 0.1) is 16.3 Å². The van der Waals surface area contributed by atoms with E-state index < -0.39 is 10.0 Å². The maximum atomic E-state index is 13.7. The van der Waals surface area contributed by atoms with Crippen LogP contribution in [0.2, 0.25) is 0 Å². The third-order valence-corrected chi connectivity index (χ3v) is 7.45. The molecule has 0 aliphatic carbocycles. The molecule has 0 aliphatic rings. The molecule has 0 saturated heterocycles. The minimum atomic E-state index is -3.81. The molecular formula is C30H23NO2S. The van der Waals surface area contributed by atoms with Gasteiger partial charge in [0.2, 0.25) is 0 Å². The zero-order valence-electron chi connectivity index (χ0n) is 18.5. The molecule has 0 radical (unpaired) electrons. The molecule has 0 fully saturated rings. The van der Waals surface area contributed by atoms with Crippen molar-refractivity contribution in [2.24, 2.45) is 0 Å². The van der Waals surface area contributed by atoms with E-state index in [4.69, 9.17) is 0 Å². The number of rotatable bonds is 6. The summed E-state index contributed by atoms with van der Waals surface area (Å²) < 4.78 is 28.7. The Morgan fingerprint density at radius 3 is 1.74 bits per heavy atom. The molecule has 3 nitrogen and oxygen atoms in total. The number of anilines is 2. The Balaban J connectivity index is 1.47. The number of sulfonamides is 1. The van der Waals surface area contributed by atoms with Gasteiger partial charge in [0.15, 0.2) is 0 Å². The summed E-state index contributed by atoms with van der Waals surface area (Å²) in [4.78, 5) is 0.238. The van der Waals surface area contributed by atoms with Crippen molar-refractivity contribution < 1.29 is 8.42 Å². The van der Waals surface area contributed by atoms with Crippen molar-refractivity contribution in [1.82, 2.24) is 0 Å². The molecule has 0 heterocycles. The van der Waals surface area contributed by atoms with Crippen molar-refractivity contribution in [3.63, 3.8) is 0 Å². The van der Waals surface area contributed by atoms with Gasteiger partial charge in [-0.2, -0.15) is 0 Å². The second kappa shape index (κ2) is 9.38. The molecule has 0 saturated carbocycles. The summed E-state index contributed by atoms with van der Waals surface area (Å²) in [5.41, 5.74) is 3.23. The summed E-state index contributed by atoms with van der Waals surface area (Å²) in [5.74, 6) is 0. The van der Waals surface area contributed by atoms with E-state index in [1.54, 1.807) is 36.4 Å². The van der Waals surface area contributed by atoms with Crippen molar-refractivity contribution in [2.45, 2.75) is 4.90 Å². The summed E-state index contributed by atoms with van der Waals surface area (Å²) in [6.45, 7) is 0. The van der Waals surface area contributed by atoms with E-state index in [0.717, 1.165) is 11.1 Å². The molecule has 0 N–H and O–H groups in total. The fourth-order valence-corrected chi connectivity index (χ4v) is 5.48. The maximum absolute atomic E-state index is 13.7. The third kappa shape index (κ3) is 4.36. The summed E-state index contributed by atoms with van der Waals surface area (Å²) in [5, 5.41) is 2.37. The van der Waals surface area contributed by atoms with Gasteiger partial charge in [0.1, 0.15) is 0 Å². The first-order chi connectivity index (χ1) is 16.6. The van der Waals surface area contributed by atoms with Gasteiger partial charge in [-0.05, 0) is 58.3 Å². The summed E-state index contributed by atoms with van der Waals surface area (Å²) >= 11 is 0. The van der Waals surface area contributed by atoms with E-state index in [9.17, 15) is 8.42 Å². The van der Waals surface area contributed by atoms with E-state index in [0.29, 0.717) is 11.4 Å². The molecule has 0 bridgehead atoms. The van der Waals surface area contributed by atoms with Crippen molar-refractivity contribution in [3.05, 3.63) is 139 Å². The van der Waals surface area contributed by atoms with E-state index in [1.807, 2.05) is 72.8 Å². The van der Waals surface area contributed by atoms with Crippen molar-refractivity contribution in [3.8, 4) is 0 Å². The monoisotopic (exact) mass is 461 g/mol. The second-order valence-corrected chi connectivity index (χ2v) is 9.70. The lowest BCUT2D eigenvalue weighted by molar-refractivity contribution is 0.596. The minimum Gasteiger partial charge on any atom is -0.235 e. The van der Waals surface area contributed by atoms with Crippen LogP contribution in [-0.2, 0) is 10.0 Å². The number of benzene rings is 5. The number of para-hydroxylation sites is 2. The Labute approximate surface area is 200 Å². The lowest BCUT2D eigenvalue weighted by Crippen LogP contribution is -2.26. The molecule has 5 aromatic rings. The SMILES string of the molecule is O=S(=O)(c1ccc(/C=C/c2cccc3ccccc23)cc1)N(c1ccccc1)c1ccccc1. The van der Waals surface area contributed by atoms with Gasteiger partial charge >= 0.3 is 0 Å². The highest BCUT2D eigenvalue weighted by Crippen LogP contribution is 2.32. The van der Waals surface area contributed by atoms with Crippen LogP contribution in [-0.4, -0.2) is 8.42 Å². The van der Waals surface area contributed by atoms with Crippen LogP contribution in [0.25, 0.3) is 22.9 Å². The third-order valence-electron chi connectivity index (χ3n) is 5.68. The zero-order valence-corrected chi connectivity index (χ0v) is 19.3. The van der Waals surface area contributed by atoms with Gasteiger partial charge in [-0.25, -0.2) is 12.7 Å². The van der Waals surface area contributed by atoms with Gasteiger partial charge < -0.3 is 0 Å². The van der Waals surface area contributed by atoms with Gasteiger partial charge in [0.25, 0.3) is 10.0 Å². The Bertz CT molecular complexity index is 1500. The van der Waals surface area contributed by atoms with Gasteiger partial charge in [-0.1, -0.05) is 103 Å². The summed E-state index contributed by atoms with van der Waals surface area (Å²) in [7, 11) is -3.81. The van der Waals surface area contributed by atoms with E-state index in [1.165, 1.54) is 15.1 Å². The van der Waals surface area contributed by atoms with Gasteiger partial charge in [0, 0.05) is 0 Å². The van der Waals surface area contributed by atoms with Gasteiger partial charge in [-0.15, -0.1) is 0 Å². The fourth-order valence-electron chi connectivity index (χ4n) is 3.99. The zero-order chi connectivity index (χ0) is 23.4. The lowest BCUT2D eigenvalue weighted by atomic mass is 10.0. The van der Waals surface area contributed by atoms with Crippen LogP contribution in [0.1, 0.15) is 11.1 Å². The molecule has 166 valence electrons. The van der Waals surface area contributed by atoms with Crippen molar-refractivity contribution >= 4 is 44.3 Å². The highest BCUT2D eigenvalue weighted by molar-refractivity contribution is 7.93.